The molecule has 3 heterocycles. The molecule has 0 spiro atoms. The first-order valence-corrected chi connectivity index (χ1v) is 6.55. The van der Waals surface area contributed by atoms with Gasteiger partial charge in [-0.25, -0.2) is 4.98 Å². The second kappa shape index (κ2) is 3.34. The van der Waals surface area contributed by atoms with E-state index >= 15 is 0 Å². The van der Waals surface area contributed by atoms with Crippen LogP contribution in [0.5, 0.6) is 0 Å². The standard InChI is InChI=1S/C11H15BN2O2S/c1-10(2)11(3,4)16-12(15-10)8-7-14-5-6-17-9(14)13-8/h5-7H,1-4H3. The maximum Gasteiger partial charge on any atom is 0.516 e. The summed E-state index contributed by atoms with van der Waals surface area (Å²) in [4.78, 5) is 5.48. The molecule has 0 N–H and O–H groups in total. The molecule has 0 bridgehead atoms. The van der Waals surface area contributed by atoms with Crippen molar-refractivity contribution in [1.82, 2.24) is 9.38 Å². The minimum atomic E-state index is -0.368. The second-order valence-corrected chi connectivity index (χ2v) is 6.22. The third-order valence-corrected chi connectivity index (χ3v) is 4.38. The van der Waals surface area contributed by atoms with Crippen molar-refractivity contribution in [2.75, 3.05) is 0 Å². The largest absolute Gasteiger partial charge is 0.516 e. The third kappa shape index (κ3) is 1.63. The molecule has 0 saturated carbocycles. The topological polar surface area (TPSA) is 35.8 Å². The molecule has 1 saturated heterocycles. The number of fused-ring (bicyclic) bond motifs is 1. The fourth-order valence-corrected chi connectivity index (χ4v) is 2.53. The molecule has 1 aliphatic heterocycles. The molecular formula is C11H15BN2O2S. The lowest BCUT2D eigenvalue weighted by Crippen LogP contribution is -2.41. The van der Waals surface area contributed by atoms with Gasteiger partial charge < -0.3 is 9.31 Å². The van der Waals surface area contributed by atoms with E-state index in [2.05, 4.69) is 4.98 Å². The molecule has 6 heteroatoms. The van der Waals surface area contributed by atoms with E-state index in [9.17, 15) is 0 Å². The van der Waals surface area contributed by atoms with Gasteiger partial charge in [0.15, 0.2) is 4.96 Å². The van der Waals surface area contributed by atoms with Gasteiger partial charge in [0.05, 0.1) is 16.8 Å². The molecular weight excluding hydrogens is 235 g/mol. The summed E-state index contributed by atoms with van der Waals surface area (Å²) in [5.41, 5.74) is 0.221. The molecule has 0 atom stereocenters. The minimum absolute atomic E-state index is 0.311. The van der Waals surface area contributed by atoms with Crippen molar-refractivity contribution in [3.63, 3.8) is 0 Å². The smallest absolute Gasteiger partial charge is 0.398 e. The first kappa shape index (κ1) is 11.3. The molecule has 2 aromatic rings. The van der Waals surface area contributed by atoms with Crippen LogP contribution >= 0.6 is 11.3 Å². The molecule has 4 nitrogen and oxygen atoms in total. The fourth-order valence-electron chi connectivity index (χ4n) is 1.82. The Bertz CT molecular complexity index is 516. The maximum absolute atomic E-state index is 5.96. The summed E-state index contributed by atoms with van der Waals surface area (Å²) in [7, 11) is -0.368. The molecule has 3 rings (SSSR count). The van der Waals surface area contributed by atoms with Crippen LogP contribution < -0.4 is 5.59 Å². The molecule has 1 aliphatic rings. The van der Waals surface area contributed by atoms with E-state index in [0.717, 1.165) is 10.6 Å². The summed E-state index contributed by atoms with van der Waals surface area (Å²) >= 11 is 1.61. The summed E-state index contributed by atoms with van der Waals surface area (Å²) in [6.07, 6.45) is 3.95. The Balaban J connectivity index is 1.95. The molecule has 90 valence electrons. The number of rotatable bonds is 1. The Morgan fingerprint density at radius 3 is 2.47 bits per heavy atom. The Labute approximate surface area is 105 Å². The molecule has 1 fully saturated rings. The van der Waals surface area contributed by atoms with E-state index in [1.165, 1.54) is 0 Å². The van der Waals surface area contributed by atoms with Crippen molar-refractivity contribution in [1.29, 1.82) is 0 Å². The van der Waals surface area contributed by atoms with E-state index in [1.54, 1.807) is 11.3 Å². The molecule has 0 radical (unpaired) electrons. The quantitative estimate of drug-likeness (QED) is 0.722. The van der Waals surface area contributed by atoms with E-state index < -0.39 is 0 Å². The lowest BCUT2D eigenvalue weighted by atomic mass is 9.86. The van der Waals surface area contributed by atoms with Crippen molar-refractivity contribution in [2.45, 2.75) is 38.9 Å². The summed E-state index contributed by atoms with van der Waals surface area (Å²) in [5.74, 6) is 0. The van der Waals surface area contributed by atoms with Gasteiger partial charge in [-0.3, -0.25) is 4.40 Å². The predicted molar refractivity (Wildman–Crippen MR) is 68.8 cm³/mol. The van der Waals surface area contributed by atoms with Crippen LogP contribution in [0.25, 0.3) is 4.96 Å². The Morgan fingerprint density at radius 2 is 1.88 bits per heavy atom. The van der Waals surface area contributed by atoms with Crippen LogP contribution in [0.3, 0.4) is 0 Å². The van der Waals surface area contributed by atoms with Gasteiger partial charge >= 0.3 is 7.12 Å². The Kier molecular flexibility index (Phi) is 2.21. The first-order chi connectivity index (χ1) is 7.89. The fraction of sp³-hybridized carbons (Fsp3) is 0.545. The molecule has 0 unspecified atom stereocenters. The van der Waals surface area contributed by atoms with Crippen LogP contribution in [-0.2, 0) is 9.31 Å². The van der Waals surface area contributed by atoms with E-state index in [4.69, 9.17) is 9.31 Å². The number of thiazole rings is 1. The van der Waals surface area contributed by atoms with Gasteiger partial charge in [-0.05, 0) is 27.7 Å². The van der Waals surface area contributed by atoms with Gasteiger partial charge in [-0.15, -0.1) is 11.3 Å². The highest BCUT2D eigenvalue weighted by Crippen LogP contribution is 2.36. The Hall–Kier alpha value is -0.845. The molecule has 0 amide bonds. The van der Waals surface area contributed by atoms with Crippen molar-refractivity contribution in [3.05, 3.63) is 17.8 Å². The van der Waals surface area contributed by atoms with Gasteiger partial charge in [-0.1, -0.05) is 0 Å². The van der Waals surface area contributed by atoms with E-state index in [1.807, 2.05) is 49.9 Å². The van der Waals surface area contributed by atoms with E-state index in [0.29, 0.717) is 0 Å². The van der Waals surface area contributed by atoms with Crippen LogP contribution in [0.4, 0.5) is 0 Å². The van der Waals surface area contributed by atoms with E-state index in [-0.39, 0.29) is 18.3 Å². The van der Waals surface area contributed by atoms with Crippen LogP contribution in [0, 0.1) is 0 Å². The zero-order valence-electron chi connectivity index (χ0n) is 10.4. The van der Waals surface area contributed by atoms with Gasteiger partial charge in [0.25, 0.3) is 0 Å². The summed E-state index contributed by atoms with van der Waals surface area (Å²) in [6.45, 7) is 8.19. The highest BCUT2D eigenvalue weighted by molar-refractivity contribution is 7.15. The lowest BCUT2D eigenvalue weighted by molar-refractivity contribution is 0.00578. The molecule has 0 aromatic carbocycles. The number of aromatic nitrogens is 2. The average molecular weight is 250 g/mol. The molecule has 0 aliphatic carbocycles. The van der Waals surface area contributed by atoms with Gasteiger partial charge in [0.1, 0.15) is 0 Å². The molecule has 2 aromatic heterocycles. The number of hydrogen-bond acceptors (Lipinski definition) is 4. The monoisotopic (exact) mass is 250 g/mol. The second-order valence-electron chi connectivity index (χ2n) is 5.35. The van der Waals surface area contributed by atoms with Crippen LogP contribution in [0.15, 0.2) is 17.8 Å². The SMILES string of the molecule is CC1(C)OB(c2cn3ccsc3n2)OC1(C)C. The van der Waals surface area contributed by atoms with Crippen molar-refractivity contribution in [2.24, 2.45) is 0 Å². The average Bonchev–Trinajstić information content (AvgIpc) is 2.77. The van der Waals surface area contributed by atoms with Crippen molar-refractivity contribution >= 4 is 29.0 Å². The minimum Gasteiger partial charge on any atom is -0.398 e. The maximum atomic E-state index is 5.96. The van der Waals surface area contributed by atoms with Crippen LogP contribution in [0.2, 0.25) is 0 Å². The van der Waals surface area contributed by atoms with Crippen LogP contribution in [0.1, 0.15) is 27.7 Å². The summed E-state index contributed by atoms with van der Waals surface area (Å²) in [6, 6.07) is 0. The zero-order chi connectivity index (χ0) is 12.3. The number of imidazole rings is 1. The van der Waals surface area contributed by atoms with Gasteiger partial charge in [0.2, 0.25) is 0 Å². The first-order valence-electron chi connectivity index (χ1n) is 5.67. The summed E-state index contributed by atoms with van der Waals surface area (Å²) < 4.78 is 13.9. The molecule has 17 heavy (non-hydrogen) atoms. The third-order valence-electron chi connectivity index (χ3n) is 3.61. The number of hydrogen-bond donors (Lipinski definition) is 0. The highest BCUT2D eigenvalue weighted by atomic mass is 32.1. The van der Waals surface area contributed by atoms with Crippen molar-refractivity contribution in [3.8, 4) is 0 Å². The zero-order valence-corrected chi connectivity index (χ0v) is 11.2. The number of nitrogens with zero attached hydrogens (tertiary/aromatic N) is 2. The van der Waals surface area contributed by atoms with Gasteiger partial charge in [0, 0.05) is 17.8 Å². The normalized spacial score (nSPS) is 22.5. The Morgan fingerprint density at radius 1 is 1.24 bits per heavy atom. The van der Waals surface area contributed by atoms with Gasteiger partial charge in [-0.2, -0.15) is 0 Å². The highest BCUT2D eigenvalue weighted by Gasteiger charge is 2.52. The summed E-state index contributed by atoms with van der Waals surface area (Å²) in [5, 5.41) is 2.01. The van der Waals surface area contributed by atoms with Crippen LogP contribution in [-0.4, -0.2) is 27.7 Å². The predicted octanol–water partition coefficient (Wildman–Crippen LogP) is 1.70. The lowest BCUT2D eigenvalue weighted by Gasteiger charge is -2.32. The van der Waals surface area contributed by atoms with Crippen molar-refractivity contribution < 1.29 is 9.31 Å².